The molecule has 2 N–H and O–H groups in total. The maximum atomic E-state index is 6.29. The molecule has 0 spiro atoms. The van der Waals surface area contributed by atoms with E-state index in [1.807, 2.05) is 0 Å². The van der Waals surface area contributed by atoms with Crippen molar-refractivity contribution in [2.24, 2.45) is 17.6 Å². The Morgan fingerprint density at radius 2 is 1.95 bits per heavy atom. The van der Waals surface area contributed by atoms with Crippen LogP contribution in [0, 0.1) is 11.8 Å². The van der Waals surface area contributed by atoms with Gasteiger partial charge < -0.3 is 5.73 Å². The van der Waals surface area contributed by atoms with Crippen LogP contribution in [0.15, 0.2) is 0 Å². The Bertz CT molecular complexity index is 298. The van der Waals surface area contributed by atoms with E-state index in [9.17, 15) is 0 Å². The summed E-state index contributed by atoms with van der Waals surface area (Å²) < 4.78 is 0. The minimum Gasteiger partial charge on any atom is -0.329 e. The molecule has 1 aliphatic carbocycles. The highest BCUT2D eigenvalue weighted by molar-refractivity contribution is 5.04. The first-order valence-electron chi connectivity index (χ1n) is 8.37. The van der Waals surface area contributed by atoms with Gasteiger partial charge in [0.1, 0.15) is 0 Å². The van der Waals surface area contributed by atoms with Gasteiger partial charge >= 0.3 is 0 Å². The van der Waals surface area contributed by atoms with Crippen LogP contribution >= 0.6 is 0 Å². The Balaban J connectivity index is 2.13. The van der Waals surface area contributed by atoms with Gasteiger partial charge in [0.05, 0.1) is 0 Å². The topological polar surface area (TPSA) is 29.3 Å². The third kappa shape index (κ3) is 3.16. The maximum Gasteiger partial charge on any atom is 0.0339 e. The molecule has 1 saturated carbocycles. The number of likely N-dealkylation sites (tertiary alicyclic amines) is 1. The average Bonchev–Trinajstić information content (AvgIpc) is 2.69. The largest absolute Gasteiger partial charge is 0.329 e. The Morgan fingerprint density at radius 3 is 2.47 bits per heavy atom. The van der Waals surface area contributed by atoms with E-state index < -0.39 is 0 Å². The molecule has 0 amide bonds. The van der Waals surface area contributed by atoms with Gasteiger partial charge in [0.25, 0.3) is 0 Å². The van der Waals surface area contributed by atoms with Gasteiger partial charge in [0, 0.05) is 17.6 Å². The predicted molar refractivity (Wildman–Crippen MR) is 83.2 cm³/mol. The van der Waals surface area contributed by atoms with Crippen molar-refractivity contribution < 1.29 is 0 Å². The van der Waals surface area contributed by atoms with Crippen LogP contribution in [0.2, 0.25) is 0 Å². The van der Waals surface area contributed by atoms with Crippen molar-refractivity contribution in [1.29, 1.82) is 0 Å². The summed E-state index contributed by atoms with van der Waals surface area (Å²) in [5, 5.41) is 0. The number of nitrogens with two attached hydrogens (primary N) is 1. The smallest absolute Gasteiger partial charge is 0.0339 e. The molecule has 2 fully saturated rings. The molecule has 2 nitrogen and oxygen atoms in total. The molecule has 2 heteroatoms. The minimum atomic E-state index is 0.303. The Hall–Kier alpha value is -0.0800. The summed E-state index contributed by atoms with van der Waals surface area (Å²) in [5.41, 5.74) is 6.95. The predicted octanol–water partition coefficient (Wildman–Crippen LogP) is 3.79. The monoisotopic (exact) mass is 266 g/mol. The van der Waals surface area contributed by atoms with E-state index in [1.54, 1.807) is 0 Å². The fourth-order valence-corrected chi connectivity index (χ4v) is 4.86. The van der Waals surface area contributed by atoms with Crippen molar-refractivity contribution in [3.8, 4) is 0 Å². The fourth-order valence-electron chi connectivity index (χ4n) is 4.86. The lowest BCUT2D eigenvalue weighted by Gasteiger charge is -2.52. The summed E-state index contributed by atoms with van der Waals surface area (Å²) >= 11 is 0. The lowest BCUT2D eigenvalue weighted by molar-refractivity contribution is -0.0104. The molecule has 2 aliphatic rings. The van der Waals surface area contributed by atoms with Crippen LogP contribution in [0.25, 0.3) is 0 Å². The van der Waals surface area contributed by atoms with Crippen molar-refractivity contribution in [2.75, 3.05) is 13.1 Å². The summed E-state index contributed by atoms with van der Waals surface area (Å²) in [5.74, 6) is 1.72. The van der Waals surface area contributed by atoms with Gasteiger partial charge in [-0.15, -0.1) is 0 Å². The molecule has 0 bridgehead atoms. The normalized spacial score (nSPS) is 36.0. The second kappa shape index (κ2) is 5.73. The Morgan fingerprint density at radius 1 is 1.21 bits per heavy atom. The third-order valence-electron chi connectivity index (χ3n) is 5.58. The molecule has 1 aliphatic heterocycles. The summed E-state index contributed by atoms with van der Waals surface area (Å²) in [6.07, 6.45) is 9.53. The first-order valence-corrected chi connectivity index (χ1v) is 8.37. The minimum absolute atomic E-state index is 0.303. The SMILES string of the molecule is CC(C)CC1CCCC(CN)(N2CCCC2(C)C)C1. The molecule has 2 unspecified atom stereocenters. The maximum absolute atomic E-state index is 6.29. The molecule has 112 valence electrons. The Kier molecular flexibility index (Phi) is 4.62. The molecule has 0 aromatic heterocycles. The first kappa shape index (κ1) is 15.3. The standard InChI is InChI=1S/C17H34N2/c1-14(2)11-15-7-5-9-17(12-15,13-18)19-10-6-8-16(19,3)4/h14-15H,5-13,18H2,1-4H3. The van der Waals surface area contributed by atoms with Crippen LogP contribution in [0.1, 0.15) is 72.6 Å². The molecule has 0 aromatic rings. The summed E-state index contributed by atoms with van der Waals surface area (Å²) in [4.78, 5) is 2.78. The van der Waals surface area contributed by atoms with Crippen molar-refractivity contribution in [3.63, 3.8) is 0 Å². The van der Waals surface area contributed by atoms with Gasteiger partial charge in [0.15, 0.2) is 0 Å². The fraction of sp³-hybridized carbons (Fsp3) is 1.00. The van der Waals surface area contributed by atoms with Crippen LogP contribution in [0.4, 0.5) is 0 Å². The second-order valence-corrected chi connectivity index (χ2v) is 8.09. The summed E-state index contributed by atoms with van der Waals surface area (Å²) in [6, 6.07) is 0. The van der Waals surface area contributed by atoms with E-state index in [0.29, 0.717) is 11.1 Å². The van der Waals surface area contributed by atoms with Crippen molar-refractivity contribution in [3.05, 3.63) is 0 Å². The summed E-state index contributed by atoms with van der Waals surface area (Å²) in [7, 11) is 0. The van der Waals surface area contributed by atoms with E-state index in [-0.39, 0.29) is 0 Å². The number of nitrogens with zero attached hydrogens (tertiary/aromatic N) is 1. The zero-order valence-corrected chi connectivity index (χ0v) is 13.5. The van der Waals surface area contributed by atoms with Gasteiger partial charge in [-0.2, -0.15) is 0 Å². The van der Waals surface area contributed by atoms with Gasteiger partial charge in [-0.1, -0.05) is 26.7 Å². The van der Waals surface area contributed by atoms with E-state index in [4.69, 9.17) is 5.73 Å². The average molecular weight is 266 g/mol. The highest BCUT2D eigenvalue weighted by Gasteiger charge is 2.47. The molecule has 0 aromatic carbocycles. The Labute approximate surface area is 120 Å². The van der Waals surface area contributed by atoms with E-state index in [2.05, 4.69) is 32.6 Å². The number of hydrogen-bond acceptors (Lipinski definition) is 2. The summed E-state index contributed by atoms with van der Waals surface area (Å²) in [6.45, 7) is 11.7. The molecule has 2 atom stereocenters. The molecular weight excluding hydrogens is 232 g/mol. The van der Waals surface area contributed by atoms with E-state index in [1.165, 1.54) is 51.5 Å². The number of hydrogen-bond donors (Lipinski definition) is 1. The van der Waals surface area contributed by atoms with Gasteiger partial charge in [0.2, 0.25) is 0 Å². The molecular formula is C17H34N2. The number of rotatable bonds is 4. The molecule has 1 heterocycles. The quantitative estimate of drug-likeness (QED) is 0.838. The molecule has 19 heavy (non-hydrogen) atoms. The van der Waals surface area contributed by atoms with Gasteiger partial charge in [-0.25, -0.2) is 0 Å². The van der Waals surface area contributed by atoms with E-state index in [0.717, 1.165) is 18.4 Å². The van der Waals surface area contributed by atoms with Gasteiger partial charge in [-0.3, -0.25) is 4.90 Å². The zero-order valence-electron chi connectivity index (χ0n) is 13.5. The van der Waals surface area contributed by atoms with E-state index >= 15 is 0 Å². The van der Waals surface area contributed by atoms with Crippen molar-refractivity contribution in [2.45, 2.75) is 83.7 Å². The van der Waals surface area contributed by atoms with Crippen molar-refractivity contribution in [1.82, 2.24) is 4.90 Å². The molecule has 2 rings (SSSR count). The second-order valence-electron chi connectivity index (χ2n) is 8.09. The van der Waals surface area contributed by atoms with Crippen LogP contribution in [0.3, 0.4) is 0 Å². The molecule has 0 radical (unpaired) electrons. The highest BCUT2D eigenvalue weighted by atomic mass is 15.3. The highest BCUT2D eigenvalue weighted by Crippen LogP contribution is 2.45. The van der Waals surface area contributed by atoms with Crippen LogP contribution in [-0.2, 0) is 0 Å². The van der Waals surface area contributed by atoms with Crippen LogP contribution in [-0.4, -0.2) is 29.1 Å². The first-order chi connectivity index (χ1) is 8.89. The lowest BCUT2D eigenvalue weighted by Crippen LogP contribution is -2.61. The molecule has 1 saturated heterocycles. The van der Waals surface area contributed by atoms with Crippen LogP contribution in [0.5, 0.6) is 0 Å². The van der Waals surface area contributed by atoms with Crippen LogP contribution < -0.4 is 5.73 Å². The van der Waals surface area contributed by atoms with Gasteiger partial charge in [-0.05, 0) is 64.3 Å². The third-order valence-corrected chi connectivity index (χ3v) is 5.58. The van der Waals surface area contributed by atoms with Crippen molar-refractivity contribution >= 4 is 0 Å². The lowest BCUT2D eigenvalue weighted by atomic mass is 9.71. The zero-order chi connectivity index (χ0) is 14.1.